The van der Waals surface area contributed by atoms with Crippen LogP contribution in [0.5, 0.6) is 0 Å². The molecule has 88 valence electrons. The van der Waals surface area contributed by atoms with Crippen LogP contribution in [-0.4, -0.2) is 11.5 Å². The first-order valence-corrected chi connectivity index (χ1v) is 6.30. The molecule has 1 N–H and O–H groups in total. The molecule has 0 fully saturated rings. The molecule has 0 spiro atoms. The predicted molar refractivity (Wildman–Crippen MR) is 68.8 cm³/mol. The van der Waals surface area contributed by atoms with Gasteiger partial charge in [0.05, 0.1) is 0 Å². The van der Waals surface area contributed by atoms with E-state index >= 15 is 0 Å². The Morgan fingerprint density at radius 2 is 2.06 bits per heavy atom. The first-order chi connectivity index (χ1) is 7.58. The summed E-state index contributed by atoms with van der Waals surface area (Å²) in [5.41, 5.74) is 2.75. The van der Waals surface area contributed by atoms with Crippen molar-refractivity contribution in [3.63, 3.8) is 0 Å². The highest BCUT2D eigenvalue weighted by Crippen LogP contribution is 2.28. The van der Waals surface area contributed by atoms with E-state index in [1.807, 2.05) is 6.20 Å². The zero-order valence-electron chi connectivity index (χ0n) is 10.7. The molecule has 2 heterocycles. The van der Waals surface area contributed by atoms with Crippen molar-refractivity contribution in [2.75, 3.05) is 11.9 Å². The normalized spacial score (nSPS) is 19.8. The van der Waals surface area contributed by atoms with Gasteiger partial charge in [0.25, 0.3) is 0 Å². The van der Waals surface area contributed by atoms with Gasteiger partial charge >= 0.3 is 0 Å². The summed E-state index contributed by atoms with van der Waals surface area (Å²) in [6.45, 7) is 10.1. The molecule has 0 radical (unpaired) electrons. The Labute approximate surface area is 98.5 Å². The van der Waals surface area contributed by atoms with Crippen LogP contribution in [0.4, 0.5) is 5.82 Å². The lowest BCUT2D eigenvalue weighted by Crippen LogP contribution is -2.27. The van der Waals surface area contributed by atoms with E-state index in [1.165, 1.54) is 17.5 Å². The van der Waals surface area contributed by atoms with Crippen molar-refractivity contribution in [3.8, 4) is 0 Å². The minimum absolute atomic E-state index is 0.567. The van der Waals surface area contributed by atoms with Crippen molar-refractivity contribution in [2.45, 2.75) is 40.0 Å². The number of rotatable bonds is 2. The summed E-state index contributed by atoms with van der Waals surface area (Å²) < 4.78 is 0. The standard InChI is InChI=1S/C14H22N2/c1-9(2)12-5-11-6-13(10(3)4)8-16-14(11)15-7-12/h5,7,9-10,13H,6,8H2,1-4H3,(H,15,16). The van der Waals surface area contributed by atoms with Crippen molar-refractivity contribution in [3.05, 3.63) is 23.4 Å². The molecule has 1 atom stereocenters. The van der Waals surface area contributed by atoms with Gasteiger partial charge in [-0.25, -0.2) is 4.98 Å². The fraction of sp³-hybridized carbons (Fsp3) is 0.643. The van der Waals surface area contributed by atoms with E-state index in [0.717, 1.165) is 24.2 Å². The largest absolute Gasteiger partial charge is 0.370 e. The molecule has 2 rings (SSSR count). The quantitative estimate of drug-likeness (QED) is 0.822. The fourth-order valence-corrected chi connectivity index (χ4v) is 2.21. The zero-order chi connectivity index (χ0) is 11.7. The first kappa shape index (κ1) is 11.4. The molecule has 0 saturated carbocycles. The smallest absolute Gasteiger partial charge is 0.129 e. The van der Waals surface area contributed by atoms with Crippen LogP contribution in [0.15, 0.2) is 12.3 Å². The third kappa shape index (κ3) is 2.21. The van der Waals surface area contributed by atoms with Crippen molar-refractivity contribution in [1.82, 2.24) is 4.98 Å². The van der Waals surface area contributed by atoms with Gasteiger partial charge in [-0.3, -0.25) is 0 Å². The van der Waals surface area contributed by atoms with Gasteiger partial charge in [0, 0.05) is 12.7 Å². The lowest BCUT2D eigenvalue weighted by molar-refractivity contribution is 0.392. The van der Waals surface area contributed by atoms with Crippen molar-refractivity contribution in [1.29, 1.82) is 0 Å². The molecule has 0 bridgehead atoms. The average molecular weight is 218 g/mol. The summed E-state index contributed by atoms with van der Waals surface area (Å²) in [7, 11) is 0. The Morgan fingerprint density at radius 3 is 2.69 bits per heavy atom. The third-order valence-corrected chi connectivity index (χ3v) is 3.61. The van der Waals surface area contributed by atoms with E-state index in [2.05, 4.69) is 44.1 Å². The van der Waals surface area contributed by atoms with E-state index in [9.17, 15) is 0 Å². The maximum absolute atomic E-state index is 4.52. The van der Waals surface area contributed by atoms with Gasteiger partial charge in [0.1, 0.15) is 5.82 Å². The SMILES string of the molecule is CC(C)c1cnc2c(c1)CC(C(C)C)CN2. The van der Waals surface area contributed by atoms with Crippen LogP contribution in [0.25, 0.3) is 0 Å². The van der Waals surface area contributed by atoms with E-state index in [-0.39, 0.29) is 0 Å². The van der Waals surface area contributed by atoms with Crippen LogP contribution in [0.2, 0.25) is 0 Å². The molecule has 1 aliphatic rings. The number of nitrogens with one attached hydrogen (secondary N) is 1. The van der Waals surface area contributed by atoms with Crippen LogP contribution in [0.1, 0.15) is 44.7 Å². The highest BCUT2D eigenvalue weighted by Gasteiger charge is 2.22. The monoisotopic (exact) mass is 218 g/mol. The number of hydrogen-bond acceptors (Lipinski definition) is 2. The van der Waals surface area contributed by atoms with E-state index in [4.69, 9.17) is 0 Å². The molecule has 1 aromatic heterocycles. The molecule has 2 heteroatoms. The minimum atomic E-state index is 0.567. The number of aromatic nitrogens is 1. The summed E-state index contributed by atoms with van der Waals surface area (Å²) in [6.07, 6.45) is 3.18. The topological polar surface area (TPSA) is 24.9 Å². The highest BCUT2D eigenvalue weighted by molar-refractivity contribution is 5.48. The summed E-state index contributed by atoms with van der Waals surface area (Å²) in [4.78, 5) is 4.52. The average Bonchev–Trinajstić information content (AvgIpc) is 2.27. The Hall–Kier alpha value is -1.05. The van der Waals surface area contributed by atoms with Crippen molar-refractivity contribution >= 4 is 5.82 Å². The van der Waals surface area contributed by atoms with Crippen LogP contribution >= 0.6 is 0 Å². The van der Waals surface area contributed by atoms with Gasteiger partial charge in [-0.15, -0.1) is 0 Å². The molecule has 1 unspecified atom stereocenters. The Balaban J connectivity index is 2.25. The molecule has 1 aliphatic heterocycles. The molecule has 2 nitrogen and oxygen atoms in total. The van der Waals surface area contributed by atoms with E-state index in [0.29, 0.717) is 5.92 Å². The van der Waals surface area contributed by atoms with Crippen molar-refractivity contribution < 1.29 is 0 Å². The number of pyridine rings is 1. The Kier molecular flexibility index (Phi) is 3.17. The van der Waals surface area contributed by atoms with E-state index < -0.39 is 0 Å². The minimum Gasteiger partial charge on any atom is -0.370 e. The van der Waals surface area contributed by atoms with Crippen LogP contribution in [0.3, 0.4) is 0 Å². The van der Waals surface area contributed by atoms with Gasteiger partial charge < -0.3 is 5.32 Å². The second kappa shape index (κ2) is 4.44. The fourth-order valence-electron chi connectivity index (χ4n) is 2.21. The predicted octanol–water partition coefficient (Wildman–Crippen LogP) is 3.45. The van der Waals surface area contributed by atoms with Crippen LogP contribution in [-0.2, 0) is 6.42 Å². The van der Waals surface area contributed by atoms with Gasteiger partial charge in [0.2, 0.25) is 0 Å². The lowest BCUT2D eigenvalue weighted by atomic mass is 9.86. The van der Waals surface area contributed by atoms with Gasteiger partial charge in [-0.05, 0) is 35.3 Å². The number of anilines is 1. The number of fused-ring (bicyclic) bond motifs is 1. The second-order valence-corrected chi connectivity index (χ2v) is 5.52. The highest BCUT2D eigenvalue weighted by atomic mass is 15.0. The molecule has 1 aromatic rings. The molecule has 0 aromatic carbocycles. The lowest BCUT2D eigenvalue weighted by Gasteiger charge is -2.28. The molecular weight excluding hydrogens is 196 g/mol. The molecule has 0 saturated heterocycles. The third-order valence-electron chi connectivity index (χ3n) is 3.61. The van der Waals surface area contributed by atoms with Crippen LogP contribution < -0.4 is 5.32 Å². The van der Waals surface area contributed by atoms with E-state index in [1.54, 1.807) is 0 Å². The number of nitrogens with zero attached hydrogens (tertiary/aromatic N) is 1. The number of hydrogen-bond donors (Lipinski definition) is 1. The zero-order valence-corrected chi connectivity index (χ0v) is 10.7. The summed E-state index contributed by atoms with van der Waals surface area (Å²) in [6, 6.07) is 2.33. The van der Waals surface area contributed by atoms with Crippen LogP contribution in [0, 0.1) is 11.8 Å². The maximum Gasteiger partial charge on any atom is 0.129 e. The Morgan fingerprint density at radius 1 is 1.31 bits per heavy atom. The molecule has 16 heavy (non-hydrogen) atoms. The second-order valence-electron chi connectivity index (χ2n) is 5.52. The molecule has 0 amide bonds. The van der Waals surface area contributed by atoms with Gasteiger partial charge in [-0.1, -0.05) is 33.8 Å². The van der Waals surface area contributed by atoms with Crippen molar-refractivity contribution in [2.24, 2.45) is 11.8 Å². The van der Waals surface area contributed by atoms with Gasteiger partial charge in [-0.2, -0.15) is 0 Å². The first-order valence-electron chi connectivity index (χ1n) is 6.30. The summed E-state index contributed by atoms with van der Waals surface area (Å²) in [5, 5.41) is 3.45. The maximum atomic E-state index is 4.52. The summed E-state index contributed by atoms with van der Waals surface area (Å²) in [5.74, 6) is 3.15. The van der Waals surface area contributed by atoms with Gasteiger partial charge in [0.15, 0.2) is 0 Å². The summed E-state index contributed by atoms with van der Waals surface area (Å²) >= 11 is 0. The Bertz CT molecular complexity index is 369. The molecule has 0 aliphatic carbocycles. The molecular formula is C14H22N2.